The number of ether oxygens (including phenoxy) is 1. The largest absolute Gasteiger partial charge is 0.423 e. The van der Waals surface area contributed by atoms with Crippen LogP contribution in [0.25, 0.3) is 0 Å². The highest BCUT2D eigenvalue weighted by Crippen LogP contribution is 2.24. The highest BCUT2D eigenvalue weighted by Gasteiger charge is 2.09. The van der Waals surface area contributed by atoms with Crippen molar-refractivity contribution >= 4 is 41.5 Å². The predicted octanol–water partition coefficient (Wildman–Crippen LogP) is 4.97. The Morgan fingerprint density at radius 1 is 1.07 bits per heavy atom. The summed E-state index contributed by atoms with van der Waals surface area (Å²) in [5, 5.41) is 4.57. The van der Waals surface area contributed by atoms with Gasteiger partial charge in [-0.2, -0.15) is 5.10 Å². The van der Waals surface area contributed by atoms with Gasteiger partial charge in [-0.1, -0.05) is 29.8 Å². The second-order valence-electron chi connectivity index (χ2n) is 6.25. The topological polar surface area (TPSA) is 67.8 Å². The van der Waals surface area contributed by atoms with Gasteiger partial charge in [0.1, 0.15) is 5.75 Å². The van der Waals surface area contributed by atoms with Gasteiger partial charge in [-0.15, -0.1) is 11.8 Å². The van der Waals surface area contributed by atoms with E-state index in [1.54, 1.807) is 72.4 Å². The summed E-state index contributed by atoms with van der Waals surface area (Å²) >= 11 is 7.58. The Kier molecular flexibility index (Phi) is 7.65. The number of hydrazone groups is 1. The number of nitrogens with one attached hydrogen (secondary N) is 1. The third-order valence-corrected chi connectivity index (χ3v) is 5.17. The summed E-state index contributed by atoms with van der Waals surface area (Å²) in [5.41, 5.74) is 4.60. The molecule has 0 saturated heterocycles. The summed E-state index contributed by atoms with van der Waals surface area (Å²) in [6, 6.07) is 21.1. The van der Waals surface area contributed by atoms with E-state index in [0.29, 0.717) is 16.3 Å². The molecule has 0 bridgehead atoms. The zero-order valence-corrected chi connectivity index (χ0v) is 17.7. The number of hydrogen-bond acceptors (Lipinski definition) is 5. The van der Waals surface area contributed by atoms with Crippen molar-refractivity contribution in [3.05, 3.63) is 94.5 Å². The van der Waals surface area contributed by atoms with Gasteiger partial charge in [-0.25, -0.2) is 10.2 Å². The highest BCUT2D eigenvalue weighted by molar-refractivity contribution is 7.98. The van der Waals surface area contributed by atoms with Crippen LogP contribution >= 0.6 is 23.4 Å². The maximum atomic E-state index is 12.2. The molecular weight excluding hydrogens is 420 g/mol. The number of esters is 1. The number of nitrogens with zero attached hydrogens (tertiary/aromatic N) is 1. The number of hydrogen-bond donors (Lipinski definition) is 1. The van der Waals surface area contributed by atoms with Crippen LogP contribution in [0.4, 0.5) is 0 Å². The first kappa shape index (κ1) is 21.6. The second kappa shape index (κ2) is 10.6. The van der Waals surface area contributed by atoms with Crippen LogP contribution in [-0.2, 0) is 11.2 Å². The third-order valence-electron chi connectivity index (χ3n) is 4.10. The Balaban J connectivity index is 1.53. The van der Waals surface area contributed by atoms with Crippen LogP contribution in [0.1, 0.15) is 21.5 Å². The van der Waals surface area contributed by atoms with Crippen LogP contribution in [0.2, 0.25) is 5.02 Å². The molecule has 0 fully saturated rings. The van der Waals surface area contributed by atoms with Crippen molar-refractivity contribution in [3.8, 4) is 5.75 Å². The first-order valence-electron chi connectivity index (χ1n) is 9.07. The summed E-state index contributed by atoms with van der Waals surface area (Å²) in [7, 11) is 0. The lowest BCUT2D eigenvalue weighted by Crippen LogP contribution is -2.20. The Morgan fingerprint density at radius 2 is 1.80 bits per heavy atom. The molecule has 30 heavy (non-hydrogen) atoms. The predicted molar refractivity (Wildman–Crippen MR) is 121 cm³/mol. The molecular formula is C23H19ClN2O3S. The molecule has 0 spiro atoms. The maximum absolute atomic E-state index is 12.2. The molecule has 3 aromatic carbocycles. The number of halogens is 1. The first-order valence-corrected chi connectivity index (χ1v) is 10.7. The molecule has 152 valence electrons. The number of carbonyl (C=O) groups is 2. The van der Waals surface area contributed by atoms with Crippen molar-refractivity contribution in [1.29, 1.82) is 0 Å². The highest BCUT2D eigenvalue weighted by atomic mass is 35.5. The van der Waals surface area contributed by atoms with Crippen molar-refractivity contribution in [3.63, 3.8) is 0 Å². The first-order chi connectivity index (χ1) is 14.5. The minimum Gasteiger partial charge on any atom is -0.423 e. The van der Waals surface area contributed by atoms with Gasteiger partial charge in [0.15, 0.2) is 0 Å². The molecule has 0 aliphatic rings. The molecule has 3 aromatic rings. The molecule has 0 aliphatic heterocycles. The Hall–Kier alpha value is -3.09. The SMILES string of the molecule is CSc1ccc(Cl)cc1CC(=O)N/N=C\c1ccc(OC(=O)c2ccccc2)cc1. The average Bonchev–Trinajstić information content (AvgIpc) is 2.76. The molecule has 0 unspecified atom stereocenters. The third kappa shape index (κ3) is 6.20. The second-order valence-corrected chi connectivity index (χ2v) is 7.54. The van der Waals surface area contributed by atoms with E-state index in [4.69, 9.17) is 16.3 Å². The Morgan fingerprint density at radius 3 is 2.50 bits per heavy atom. The molecule has 0 atom stereocenters. The lowest BCUT2D eigenvalue weighted by Gasteiger charge is -2.07. The number of thioether (sulfide) groups is 1. The zero-order valence-electron chi connectivity index (χ0n) is 16.2. The summed E-state index contributed by atoms with van der Waals surface area (Å²) in [5.74, 6) is -0.234. The molecule has 1 N–H and O–H groups in total. The van der Waals surface area contributed by atoms with E-state index in [2.05, 4.69) is 10.5 Å². The number of rotatable bonds is 7. The molecule has 0 heterocycles. The molecule has 0 aliphatic carbocycles. The maximum Gasteiger partial charge on any atom is 0.343 e. The van der Waals surface area contributed by atoms with E-state index in [9.17, 15) is 9.59 Å². The Bertz CT molecular complexity index is 1050. The van der Waals surface area contributed by atoms with Gasteiger partial charge in [0.05, 0.1) is 18.2 Å². The number of amides is 1. The van der Waals surface area contributed by atoms with E-state index < -0.39 is 5.97 Å². The van der Waals surface area contributed by atoms with Crippen LogP contribution in [-0.4, -0.2) is 24.3 Å². The fourth-order valence-corrected chi connectivity index (χ4v) is 3.43. The minimum absolute atomic E-state index is 0.183. The normalized spacial score (nSPS) is 10.7. The van der Waals surface area contributed by atoms with Gasteiger partial charge in [0.2, 0.25) is 5.91 Å². The van der Waals surface area contributed by atoms with Crippen molar-refractivity contribution < 1.29 is 14.3 Å². The number of benzene rings is 3. The molecule has 5 nitrogen and oxygen atoms in total. The van der Waals surface area contributed by atoms with Crippen LogP contribution in [0.3, 0.4) is 0 Å². The van der Waals surface area contributed by atoms with Crippen molar-refractivity contribution in [2.24, 2.45) is 5.10 Å². The van der Waals surface area contributed by atoms with Crippen molar-refractivity contribution in [2.75, 3.05) is 6.26 Å². The smallest absolute Gasteiger partial charge is 0.343 e. The quantitative estimate of drug-likeness (QED) is 0.186. The molecule has 7 heteroatoms. The molecule has 1 amide bonds. The lowest BCUT2D eigenvalue weighted by atomic mass is 10.1. The zero-order chi connectivity index (χ0) is 21.3. The molecule has 0 aromatic heterocycles. The minimum atomic E-state index is -0.421. The van der Waals surface area contributed by atoms with Gasteiger partial charge in [-0.05, 0) is 72.0 Å². The van der Waals surface area contributed by atoms with Crippen LogP contribution in [0.15, 0.2) is 82.8 Å². The van der Waals surface area contributed by atoms with E-state index >= 15 is 0 Å². The molecule has 3 rings (SSSR count). The van der Waals surface area contributed by atoms with Gasteiger partial charge >= 0.3 is 5.97 Å². The van der Waals surface area contributed by atoms with Crippen molar-refractivity contribution in [2.45, 2.75) is 11.3 Å². The van der Waals surface area contributed by atoms with Gasteiger partial charge in [-0.3, -0.25) is 4.79 Å². The molecule has 0 radical (unpaired) electrons. The summed E-state index contributed by atoms with van der Waals surface area (Å²) in [6.07, 6.45) is 3.65. The lowest BCUT2D eigenvalue weighted by molar-refractivity contribution is -0.120. The monoisotopic (exact) mass is 438 g/mol. The van der Waals surface area contributed by atoms with Crippen molar-refractivity contribution in [1.82, 2.24) is 5.43 Å². The van der Waals surface area contributed by atoms with Crippen LogP contribution in [0.5, 0.6) is 5.75 Å². The van der Waals surface area contributed by atoms with Crippen LogP contribution in [0, 0.1) is 0 Å². The van der Waals surface area contributed by atoms with Crippen LogP contribution < -0.4 is 10.2 Å². The van der Waals surface area contributed by atoms with E-state index in [0.717, 1.165) is 16.0 Å². The summed E-state index contributed by atoms with van der Waals surface area (Å²) in [4.78, 5) is 25.2. The van der Waals surface area contributed by atoms with Gasteiger partial charge in [0.25, 0.3) is 0 Å². The Labute approximate surface area is 184 Å². The standard InChI is InChI=1S/C23H19ClN2O3S/c1-30-21-12-9-19(24)13-18(21)14-22(27)26-25-15-16-7-10-20(11-8-16)29-23(28)17-5-3-2-4-6-17/h2-13,15H,14H2,1H3,(H,26,27)/b25-15-. The van der Waals surface area contributed by atoms with Gasteiger partial charge < -0.3 is 4.74 Å². The average molecular weight is 439 g/mol. The van der Waals surface area contributed by atoms with Gasteiger partial charge in [0, 0.05) is 9.92 Å². The molecule has 0 saturated carbocycles. The summed E-state index contributed by atoms with van der Waals surface area (Å²) in [6.45, 7) is 0. The fraction of sp³-hybridized carbons (Fsp3) is 0.0870. The van der Waals surface area contributed by atoms with E-state index in [1.165, 1.54) is 6.21 Å². The van der Waals surface area contributed by atoms with E-state index in [-0.39, 0.29) is 12.3 Å². The van der Waals surface area contributed by atoms with E-state index in [1.807, 2.05) is 18.4 Å². The number of carbonyl (C=O) groups excluding carboxylic acids is 2. The summed E-state index contributed by atoms with van der Waals surface area (Å²) < 4.78 is 5.33. The fourth-order valence-electron chi connectivity index (χ4n) is 2.64.